The zero-order valence-corrected chi connectivity index (χ0v) is 17.4. The van der Waals surface area contributed by atoms with E-state index in [1.54, 1.807) is 13.3 Å². The van der Waals surface area contributed by atoms with Gasteiger partial charge in [0.15, 0.2) is 0 Å². The Labute approximate surface area is 170 Å². The summed E-state index contributed by atoms with van der Waals surface area (Å²) in [6.45, 7) is 4.27. The molecule has 9 heteroatoms. The average Bonchev–Trinajstić information content (AvgIpc) is 3.24. The predicted molar refractivity (Wildman–Crippen MR) is 110 cm³/mol. The van der Waals surface area contributed by atoms with Gasteiger partial charge in [-0.25, -0.2) is 9.97 Å². The lowest BCUT2D eigenvalue weighted by atomic mass is 10.1. The summed E-state index contributed by atoms with van der Waals surface area (Å²) in [6, 6.07) is 5.62. The third-order valence-electron chi connectivity index (χ3n) is 4.88. The van der Waals surface area contributed by atoms with Crippen molar-refractivity contribution in [2.75, 3.05) is 26.7 Å². The number of nitrogens with one attached hydrogen (secondary N) is 2. The molecular weight excluding hydrogens is 459 g/mol. The van der Waals surface area contributed by atoms with Crippen molar-refractivity contribution in [1.82, 2.24) is 29.7 Å². The Morgan fingerprint density at radius 3 is 3.04 bits per heavy atom. The molecule has 3 aromatic rings. The Balaban J connectivity index is 1.62. The number of aryl methyl sites for hydroxylation is 1. The van der Waals surface area contributed by atoms with Crippen molar-refractivity contribution in [2.45, 2.75) is 19.5 Å². The first kappa shape index (κ1) is 18.2. The van der Waals surface area contributed by atoms with Gasteiger partial charge < -0.3 is 24.5 Å². The molecule has 0 saturated carbocycles. The van der Waals surface area contributed by atoms with Gasteiger partial charge in [0.05, 0.1) is 28.0 Å². The molecule has 27 heavy (non-hydrogen) atoms. The highest BCUT2D eigenvalue weighted by atomic mass is 127. The number of aromatic nitrogens is 4. The molecule has 0 aliphatic carbocycles. The van der Waals surface area contributed by atoms with Crippen LogP contribution in [0.4, 0.5) is 0 Å². The largest absolute Gasteiger partial charge is 0.497 e. The maximum Gasteiger partial charge on any atom is 0.243 e. The van der Waals surface area contributed by atoms with E-state index < -0.39 is 0 Å². The van der Waals surface area contributed by atoms with Crippen molar-refractivity contribution in [2.24, 2.45) is 0 Å². The quantitative estimate of drug-likeness (QED) is 0.557. The first-order valence-corrected chi connectivity index (χ1v) is 9.86. The summed E-state index contributed by atoms with van der Waals surface area (Å²) in [4.78, 5) is 27.3. The van der Waals surface area contributed by atoms with Crippen LogP contribution in [0.25, 0.3) is 11.0 Å². The summed E-state index contributed by atoms with van der Waals surface area (Å²) in [5.41, 5.74) is 1.76. The molecule has 8 nitrogen and oxygen atoms in total. The van der Waals surface area contributed by atoms with Crippen LogP contribution in [-0.4, -0.2) is 57.1 Å². The van der Waals surface area contributed by atoms with Crippen molar-refractivity contribution < 1.29 is 9.53 Å². The highest BCUT2D eigenvalue weighted by Crippen LogP contribution is 2.24. The molecule has 0 radical (unpaired) electrons. The molecule has 1 aliphatic heterocycles. The number of carbonyl (C=O) groups is 1. The average molecular weight is 480 g/mol. The van der Waals surface area contributed by atoms with Crippen LogP contribution in [0.15, 0.2) is 24.4 Å². The van der Waals surface area contributed by atoms with Crippen molar-refractivity contribution in [3.05, 3.63) is 39.7 Å². The molecule has 0 bridgehead atoms. The van der Waals surface area contributed by atoms with E-state index >= 15 is 0 Å². The monoisotopic (exact) mass is 480 g/mol. The van der Waals surface area contributed by atoms with Crippen LogP contribution in [0, 0.1) is 10.6 Å². The number of rotatable bonds is 4. The second kappa shape index (κ2) is 7.47. The topological polar surface area (TPSA) is 88.1 Å². The number of aromatic amines is 1. The van der Waals surface area contributed by atoms with E-state index in [-0.39, 0.29) is 18.5 Å². The summed E-state index contributed by atoms with van der Waals surface area (Å²) < 4.78 is 8.24. The molecule has 0 spiro atoms. The highest BCUT2D eigenvalue weighted by molar-refractivity contribution is 14.1. The van der Waals surface area contributed by atoms with E-state index in [0.29, 0.717) is 13.1 Å². The number of carbonyl (C=O) groups excluding carboxylic acids is 1. The number of amides is 1. The fraction of sp³-hybridized carbons (Fsp3) is 0.389. The Morgan fingerprint density at radius 1 is 1.44 bits per heavy atom. The van der Waals surface area contributed by atoms with E-state index in [0.717, 1.165) is 38.7 Å². The summed E-state index contributed by atoms with van der Waals surface area (Å²) in [5.74, 6) is 2.43. The number of methoxy groups -OCH3 is 1. The van der Waals surface area contributed by atoms with Crippen LogP contribution in [-0.2, 0) is 11.3 Å². The van der Waals surface area contributed by atoms with Gasteiger partial charge in [0.2, 0.25) is 5.91 Å². The number of fused-ring (bicyclic) bond motifs is 1. The number of hydrogen-bond acceptors (Lipinski definition) is 5. The zero-order chi connectivity index (χ0) is 19.0. The van der Waals surface area contributed by atoms with E-state index in [4.69, 9.17) is 4.74 Å². The van der Waals surface area contributed by atoms with Crippen molar-refractivity contribution in [3.8, 4) is 5.75 Å². The molecule has 2 aromatic heterocycles. The molecule has 1 saturated heterocycles. The number of nitrogens with zero attached hydrogens (tertiary/aromatic N) is 4. The molecule has 142 valence electrons. The summed E-state index contributed by atoms with van der Waals surface area (Å²) >= 11 is 2.19. The maximum absolute atomic E-state index is 13.2. The minimum Gasteiger partial charge on any atom is -0.497 e. The van der Waals surface area contributed by atoms with E-state index in [1.165, 1.54) is 0 Å². The number of piperazine rings is 1. The van der Waals surface area contributed by atoms with Crippen LogP contribution in [0.3, 0.4) is 0 Å². The van der Waals surface area contributed by atoms with Crippen LogP contribution in [0.2, 0.25) is 0 Å². The van der Waals surface area contributed by atoms with Crippen LogP contribution in [0.5, 0.6) is 5.75 Å². The second-order valence-electron chi connectivity index (χ2n) is 6.52. The number of H-pyrrole nitrogens is 1. The van der Waals surface area contributed by atoms with Crippen LogP contribution in [0.1, 0.15) is 17.7 Å². The predicted octanol–water partition coefficient (Wildman–Crippen LogP) is 1.85. The number of hydrogen-bond donors (Lipinski definition) is 2. The van der Waals surface area contributed by atoms with Crippen molar-refractivity contribution in [3.63, 3.8) is 0 Å². The molecule has 1 aromatic carbocycles. The first-order chi connectivity index (χ1) is 13.1. The van der Waals surface area contributed by atoms with Crippen LogP contribution < -0.4 is 10.1 Å². The summed E-state index contributed by atoms with van der Waals surface area (Å²) in [7, 11) is 1.63. The van der Waals surface area contributed by atoms with Gasteiger partial charge in [0, 0.05) is 25.7 Å². The van der Waals surface area contributed by atoms with Gasteiger partial charge in [-0.15, -0.1) is 0 Å². The maximum atomic E-state index is 13.2. The minimum absolute atomic E-state index is 0.0538. The Bertz CT molecular complexity index is 982. The number of imidazole rings is 2. The Hall–Kier alpha value is -2.14. The fourth-order valence-corrected chi connectivity index (χ4v) is 3.92. The van der Waals surface area contributed by atoms with Crippen LogP contribution >= 0.6 is 22.6 Å². The Kier molecular flexibility index (Phi) is 5.04. The normalized spacial score (nSPS) is 17.4. The smallest absolute Gasteiger partial charge is 0.243 e. The molecule has 1 unspecified atom stereocenters. The minimum atomic E-state index is -0.0978. The highest BCUT2D eigenvalue weighted by Gasteiger charge is 2.30. The molecule has 4 rings (SSSR count). The van der Waals surface area contributed by atoms with Gasteiger partial charge in [0.25, 0.3) is 0 Å². The molecule has 1 aliphatic rings. The van der Waals surface area contributed by atoms with E-state index in [9.17, 15) is 4.79 Å². The number of benzene rings is 1. The molecular formula is C18H21IN6O2. The Morgan fingerprint density at radius 2 is 2.30 bits per heavy atom. The second-order valence-corrected chi connectivity index (χ2v) is 7.69. The lowest BCUT2D eigenvalue weighted by Crippen LogP contribution is -2.50. The molecule has 3 heterocycles. The number of halogens is 1. The molecule has 1 atom stereocenters. The standard InChI is InChI=1S/C18H21IN6O2/c1-11-22-13-4-3-12(27-2)7-14(13)25(11)10-17(26)24-6-5-20-8-15(24)18-21-9-16(19)23-18/h3-4,7,9,15,20H,5-6,8,10H2,1-2H3,(H,21,23). The van der Waals surface area contributed by atoms with Gasteiger partial charge in [0.1, 0.15) is 30.0 Å². The molecule has 2 N–H and O–H groups in total. The first-order valence-electron chi connectivity index (χ1n) is 8.78. The van der Waals surface area contributed by atoms with E-state index in [2.05, 4.69) is 42.9 Å². The van der Waals surface area contributed by atoms with Gasteiger partial charge in [-0.1, -0.05) is 0 Å². The SMILES string of the molecule is COc1ccc2nc(C)n(CC(=O)N3CCNCC3c3ncc(I)[nH]3)c2c1. The third kappa shape index (κ3) is 3.53. The zero-order valence-electron chi connectivity index (χ0n) is 15.2. The fourth-order valence-electron chi connectivity index (χ4n) is 3.51. The van der Waals surface area contributed by atoms with Gasteiger partial charge in [-0.2, -0.15) is 0 Å². The third-order valence-corrected chi connectivity index (χ3v) is 5.43. The molecule has 1 fully saturated rings. The van der Waals surface area contributed by atoms with Gasteiger partial charge in [-0.3, -0.25) is 4.79 Å². The molecule has 1 amide bonds. The van der Waals surface area contributed by atoms with Crippen molar-refractivity contribution in [1.29, 1.82) is 0 Å². The lowest BCUT2D eigenvalue weighted by Gasteiger charge is -2.35. The van der Waals surface area contributed by atoms with Gasteiger partial charge >= 0.3 is 0 Å². The van der Waals surface area contributed by atoms with Gasteiger partial charge in [-0.05, 0) is 41.6 Å². The number of ether oxygens (including phenoxy) is 1. The van der Waals surface area contributed by atoms with E-state index in [1.807, 2.05) is 34.6 Å². The van der Waals surface area contributed by atoms with Crippen molar-refractivity contribution >= 4 is 39.5 Å². The lowest BCUT2D eigenvalue weighted by molar-refractivity contribution is -0.135. The summed E-state index contributed by atoms with van der Waals surface area (Å²) in [6.07, 6.45) is 1.78. The summed E-state index contributed by atoms with van der Waals surface area (Å²) in [5, 5.41) is 3.35.